The Morgan fingerprint density at radius 1 is 1.30 bits per heavy atom. The molecule has 0 radical (unpaired) electrons. The summed E-state index contributed by atoms with van der Waals surface area (Å²) in [4.78, 5) is 23.2. The molecule has 0 aliphatic carbocycles. The number of nitrogens with zero attached hydrogens (tertiary/aromatic N) is 1. The monoisotopic (exact) mass is 329 g/mol. The van der Waals surface area contributed by atoms with Crippen molar-refractivity contribution < 1.29 is 24.2 Å². The fourth-order valence-electron chi connectivity index (χ4n) is 1.71. The molecular formula is C16H11NO5S. The molecule has 1 aromatic carbocycles. The molecule has 1 N–H and O–H groups in total. The molecule has 0 saturated carbocycles. The molecule has 0 atom stereocenters. The number of nitriles is 1. The Bertz CT molecular complexity index is 802. The van der Waals surface area contributed by atoms with Crippen molar-refractivity contribution in [3.8, 4) is 17.6 Å². The van der Waals surface area contributed by atoms with E-state index in [1.807, 2.05) is 0 Å². The number of methoxy groups -OCH3 is 1. The zero-order valence-corrected chi connectivity index (χ0v) is 12.8. The normalized spacial score (nSPS) is 10.7. The highest BCUT2D eigenvalue weighted by atomic mass is 32.1. The summed E-state index contributed by atoms with van der Waals surface area (Å²) in [5, 5.41) is 19.4. The highest BCUT2D eigenvalue weighted by Gasteiger charge is 2.14. The van der Waals surface area contributed by atoms with Crippen LogP contribution in [0.3, 0.4) is 0 Å². The second kappa shape index (κ2) is 7.24. The van der Waals surface area contributed by atoms with Crippen LogP contribution in [0.4, 0.5) is 0 Å². The molecule has 2 rings (SSSR count). The number of esters is 1. The van der Waals surface area contributed by atoms with Gasteiger partial charge in [-0.3, -0.25) is 0 Å². The predicted octanol–water partition coefficient (Wildman–Crippen LogP) is 2.97. The summed E-state index contributed by atoms with van der Waals surface area (Å²) in [6, 6.07) is 9.46. The summed E-state index contributed by atoms with van der Waals surface area (Å²) in [7, 11) is 1.40. The Balaban J connectivity index is 2.28. The van der Waals surface area contributed by atoms with Crippen LogP contribution >= 0.6 is 11.3 Å². The third-order valence-electron chi connectivity index (χ3n) is 2.77. The first-order valence-electron chi connectivity index (χ1n) is 6.34. The lowest BCUT2D eigenvalue weighted by atomic mass is 10.1. The van der Waals surface area contributed by atoms with E-state index in [0.717, 1.165) is 0 Å². The smallest absolute Gasteiger partial charge is 0.353 e. The number of aliphatic carboxylic acids is 1. The van der Waals surface area contributed by atoms with Crippen molar-refractivity contribution in [1.82, 2.24) is 0 Å². The van der Waals surface area contributed by atoms with Crippen molar-refractivity contribution >= 4 is 29.4 Å². The number of hydrogen-bond donors (Lipinski definition) is 1. The molecule has 116 valence electrons. The SMILES string of the molecule is COc1cc(C=C(C#N)C(=O)O)ccc1OC(=O)c1cccs1. The molecule has 0 saturated heterocycles. The van der Waals surface area contributed by atoms with Crippen molar-refractivity contribution in [2.24, 2.45) is 0 Å². The molecule has 0 unspecified atom stereocenters. The Labute approximate surface area is 135 Å². The van der Waals surface area contributed by atoms with Crippen LogP contribution in [0.1, 0.15) is 15.2 Å². The van der Waals surface area contributed by atoms with E-state index < -0.39 is 17.5 Å². The Hall–Kier alpha value is -3.11. The number of hydrogen-bond acceptors (Lipinski definition) is 6. The lowest BCUT2D eigenvalue weighted by Crippen LogP contribution is -2.07. The van der Waals surface area contributed by atoms with Crippen LogP contribution in [-0.2, 0) is 4.79 Å². The number of carbonyl (C=O) groups excluding carboxylic acids is 1. The van der Waals surface area contributed by atoms with Gasteiger partial charge in [0.2, 0.25) is 0 Å². The van der Waals surface area contributed by atoms with Crippen molar-refractivity contribution in [1.29, 1.82) is 5.26 Å². The summed E-state index contributed by atoms with van der Waals surface area (Å²) in [5.74, 6) is -1.37. The summed E-state index contributed by atoms with van der Waals surface area (Å²) in [5.41, 5.74) is 0.0344. The number of thiophene rings is 1. The van der Waals surface area contributed by atoms with Gasteiger partial charge in [0.15, 0.2) is 11.5 Å². The quantitative estimate of drug-likeness (QED) is 0.392. The van der Waals surface area contributed by atoms with Gasteiger partial charge in [-0.15, -0.1) is 11.3 Å². The molecule has 1 heterocycles. The van der Waals surface area contributed by atoms with E-state index in [0.29, 0.717) is 10.4 Å². The first-order valence-corrected chi connectivity index (χ1v) is 7.22. The van der Waals surface area contributed by atoms with Crippen LogP contribution in [-0.4, -0.2) is 24.2 Å². The number of rotatable bonds is 5. The molecule has 6 nitrogen and oxygen atoms in total. The van der Waals surface area contributed by atoms with Gasteiger partial charge in [0, 0.05) is 0 Å². The largest absolute Gasteiger partial charge is 0.493 e. The Kier molecular flexibility index (Phi) is 5.12. The second-order valence-electron chi connectivity index (χ2n) is 4.25. The Morgan fingerprint density at radius 2 is 2.09 bits per heavy atom. The molecule has 0 spiro atoms. The predicted molar refractivity (Wildman–Crippen MR) is 83.5 cm³/mol. The van der Waals surface area contributed by atoms with E-state index in [1.165, 1.54) is 42.7 Å². The first kappa shape index (κ1) is 16.3. The number of carboxylic acid groups (broad SMARTS) is 1. The van der Waals surface area contributed by atoms with Gasteiger partial charge in [-0.1, -0.05) is 12.1 Å². The molecule has 0 amide bonds. The minimum absolute atomic E-state index is 0.205. The fourth-order valence-corrected chi connectivity index (χ4v) is 2.31. The number of carboxylic acids is 1. The highest BCUT2D eigenvalue weighted by Crippen LogP contribution is 2.30. The van der Waals surface area contributed by atoms with Crippen molar-refractivity contribution in [3.05, 3.63) is 51.7 Å². The van der Waals surface area contributed by atoms with Crippen LogP contribution in [0.5, 0.6) is 11.5 Å². The van der Waals surface area contributed by atoms with Gasteiger partial charge in [0.25, 0.3) is 0 Å². The van der Waals surface area contributed by atoms with E-state index >= 15 is 0 Å². The molecular weight excluding hydrogens is 318 g/mol. The van der Waals surface area contributed by atoms with Gasteiger partial charge in [-0.2, -0.15) is 5.26 Å². The van der Waals surface area contributed by atoms with Crippen molar-refractivity contribution in [2.75, 3.05) is 7.11 Å². The van der Waals surface area contributed by atoms with Crippen LogP contribution < -0.4 is 9.47 Å². The number of benzene rings is 1. The molecule has 2 aromatic rings. The molecule has 0 aliphatic heterocycles. The van der Waals surface area contributed by atoms with Gasteiger partial charge >= 0.3 is 11.9 Å². The van der Waals surface area contributed by atoms with E-state index in [9.17, 15) is 9.59 Å². The summed E-state index contributed by atoms with van der Waals surface area (Å²) in [6.07, 6.45) is 1.20. The van der Waals surface area contributed by atoms with Crippen LogP contribution in [0, 0.1) is 11.3 Å². The molecule has 0 fully saturated rings. The van der Waals surface area contributed by atoms with Crippen LogP contribution in [0.25, 0.3) is 6.08 Å². The van der Waals surface area contributed by atoms with E-state index in [-0.39, 0.29) is 11.5 Å². The maximum absolute atomic E-state index is 11.9. The third kappa shape index (κ3) is 3.96. The average molecular weight is 329 g/mol. The van der Waals surface area contributed by atoms with E-state index in [2.05, 4.69) is 0 Å². The highest BCUT2D eigenvalue weighted by molar-refractivity contribution is 7.12. The molecule has 0 aliphatic rings. The van der Waals surface area contributed by atoms with Gasteiger partial charge in [-0.05, 0) is 35.2 Å². The summed E-state index contributed by atoms with van der Waals surface area (Å²) >= 11 is 1.26. The summed E-state index contributed by atoms with van der Waals surface area (Å²) in [6.45, 7) is 0. The average Bonchev–Trinajstić information content (AvgIpc) is 3.07. The summed E-state index contributed by atoms with van der Waals surface area (Å²) < 4.78 is 10.4. The van der Waals surface area contributed by atoms with Gasteiger partial charge in [0.05, 0.1) is 7.11 Å². The zero-order chi connectivity index (χ0) is 16.8. The fraction of sp³-hybridized carbons (Fsp3) is 0.0625. The second-order valence-corrected chi connectivity index (χ2v) is 5.20. The van der Waals surface area contributed by atoms with Gasteiger partial charge in [0.1, 0.15) is 16.5 Å². The Morgan fingerprint density at radius 3 is 2.65 bits per heavy atom. The maximum atomic E-state index is 11.9. The lowest BCUT2D eigenvalue weighted by Gasteiger charge is -2.09. The molecule has 23 heavy (non-hydrogen) atoms. The lowest BCUT2D eigenvalue weighted by molar-refractivity contribution is -0.132. The standard InChI is InChI=1S/C16H11NO5S/c1-21-13-8-10(7-11(9-17)15(18)19)4-5-12(13)22-16(20)14-3-2-6-23-14/h2-8H,1H3,(H,18,19). The van der Waals surface area contributed by atoms with E-state index in [4.69, 9.17) is 19.8 Å². The minimum atomic E-state index is -1.32. The first-order chi connectivity index (χ1) is 11.0. The third-order valence-corrected chi connectivity index (χ3v) is 3.62. The maximum Gasteiger partial charge on any atom is 0.353 e. The number of ether oxygens (including phenoxy) is 2. The number of carbonyl (C=O) groups is 2. The van der Waals surface area contributed by atoms with Gasteiger partial charge < -0.3 is 14.6 Å². The molecule has 0 bridgehead atoms. The minimum Gasteiger partial charge on any atom is -0.493 e. The molecule has 1 aromatic heterocycles. The van der Waals surface area contributed by atoms with Crippen molar-refractivity contribution in [3.63, 3.8) is 0 Å². The topological polar surface area (TPSA) is 96.6 Å². The van der Waals surface area contributed by atoms with Crippen molar-refractivity contribution in [2.45, 2.75) is 0 Å². The van der Waals surface area contributed by atoms with Gasteiger partial charge in [-0.25, -0.2) is 9.59 Å². The van der Waals surface area contributed by atoms with E-state index in [1.54, 1.807) is 23.6 Å². The van der Waals surface area contributed by atoms with Crippen LogP contribution in [0.15, 0.2) is 41.3 Å². The van der Waals surface area contributed by atoms with Crippen LogP contribution in [0.2, 0.25) is 0 Å². The zero-order valence-electron chi connectivity index (χ0n) is 12.0. The molecule has 7 heteroatoms.